The van der Waals surface area contributed by atoms with Crippen molar-refractivity contribution in [3.05, 3.63) is 65.1 Å². The number of esters is 1. The zero-order valence-corrected chi connectivity index (χ0v) is 18.4. The lowest BCUT2D eigenvalue weighted by Gasteiger charge is -2.29. The third kappa shape index (κ3) is 5.39. The Morgan fingerprint density at radius 3 is 2.71 bits per heavy atom. The molecule has 4 rings (SSSR count). The Kier molecular flexibility index (Phi) is 6.85. The van der Waals surface area contributed by atoms with E-state index in [1.165, 1.54) is 25.4 Å². The molecule has 0 aliphatic carbocycles. The third-order valence-electron chi connectivity index (χ3n) is 5.42. The minimum absolute atomic E-state index is 0.0281. The summed E-state index contributed by atoms with van der Waals surface area (Å²) < 4.78 is 24.4. The van der Waals surface area contributed by atoms with Crippen LogP contribution in [-0.2, 0) is 16.0 Å². The van der Waals surface area contributed by atoms with Crippen molar-refractivity contribution in [3.63, 3.8) is 0 Å². The molecule has 0 bridgehead atoms. The number of halogens is 1. The number of carbonyl (C=O) groups excluding carboxylic acids is 2. The van der Waals surface area contributed by atoms with E-state index < -0.39 is 17.7 Å². The summed E-state index contributed by atoms with van der Waals surface area (Å²) in [5, 5.41) is 25.3. The number of aromatic nitrogens is 3. The van der Waals surface area contributed by atoms with E-state index >= 15 is 0 Å². The highest BCUT2D eigenvalue weighted by molar-refractivity contribution is 5.89. The number of nitrogens with zero attached hydrogens (tertiary/aromatic N) is 4. The van der Waals surface area contributed by atoms with E-state index in [2.05, 4.69) is 25.6 Å². The van der Waals surface area contributed by atoms with Crippen LogP contribution < -0.4 is 20.3 Å². The van der Waals surface area contributed by atoms with Crippen molar-refractivity contribution < 1.29 is 27.9 Å². The van der Waals surface area contributed by atoms with Crippen LogP contribution in [0.5, 0.6) is 0 Å². The van der Waals surface area contributed by atoms with Gasteiger partial charge in [0.1, 0.15) is 5.82 Å². The van der Waals surface area contributed by atoms with Crippen LogP contribution >= 0.6 is 0 Å². The molecule has 0 atom stereocenters. The standard InChI is InChI=1S/C22H23FN6O5/c1-33-19(30)12-14-6-7-18(29(32)13-14)28-10-8-15(9-11-28)24-20(31)21-26-27-22(34-21)25-17-5-3-2-4-16(17)23/h2-7,13,15H,8-12H2,1H3,(H,24,31)(H,25,27). The first-order valence-electron chi connectivity index (χ1n) is 10.6. The molecule has 1 aromatic carbocycles. The van der Waals surface area contributed by atoms with Crippen molar-refractivity contribution in [1.82, 2.24) is 15.5 Å². The van der Waals surface area contributed by atoms with Crippen molar-refractivity contribution in [2.45, 2.75) is 25.3 Å². The number of methoxy groups -OCH3 is 1. The number of benzene rings is 1. The van der Waals surface area contributed by atoms with E-state index in [1.54, 1.807) is 24.3 Å². The Morgan fingerprint density at radius 2 is 2.00 bits per heavy atom. The smallest absolute Gasteiger partial charge is 0.320 e. The first-order valence-corrected chi connectivity index (χ1v) is 10.6. The first kappa shape index (κ1) is 23.0. The lowest BCUT2D eigenvalue weighted by Crippen LogP contribution is -2.48. The average molecular weight is 470 g/mol. The number of ether oxygens (including phenoxy) is 1. The third-order valence-corrected chi connectivity index (χ3v) is 5.42. The summed E-state index contributed by atoms with van der Waals surface area (Å²) in [4.78, 5) is 25.8. The second kappa shape index (κ2) is 10.1. The van der Waals surface area contributed by atoms with E-state index in [4.69, 9.17) is 4.42 Å². The molecule has 0 spiro atoms. The maximum atomic E-state index is 13.7. The number of para-hydroxylation sites is 1. The summed E-state index contributed by atoms with van der Waals surface area (Å²) >= 11 is 0. The van der Waals surface area contributed by atoms with Gasteiger partial charge in [0, 0.05) is 30.5 Å². The maximum Gasteiger partial charge on any atom is 0.320 e. The summed E-state index contributed by atoms with van der Waals surface area (Å²) in [6.45, 7) is 1.10. The molecule has 12 heteroatoms. The Labute approximate surface area is 194 Å². The minimum atomic E-state index is -0.529. The highest BCUT2D eigenvalue weighted by Crippen LogP contribution is 2.20. The zero-order valence-electron chi connectivity index (χ0n) is 18.4. The van der Waals surface area contributed by atoms with Crippen molar-refractivity contribution >= 4 is 29.4 Å². The summed E-state index contributed by atoms with van der Waals surface area (Å²) in [6, 6.07) is 9.14. The molecule has 34 heavy (non-hydrogen) atoms. The van der Waals surface area contributed by atoms with Gasteiger partial charge in [-0.05, 0) is 18.2 Å². The Morgan fingerprint density at radius 1 is 1.24 bits per heavy atom. The number of piperidine rings is 1. The summed E-state index contributed by atoms with van der Waals surface area (Å²) in [6.07, 6.45) is 2.59. The van der Waals surface area contributed by atoms with Crippen LogP contribution in [0.3, 0.4) is 0 Å². The second-order valence-corrected chi connectivity index (χ2v) is 7.73. The molecular weight excluding hydrogens is 447 g/mol. The second-order valence-electron chi connectivity index (χ2n) is 7.73. The molecule has 2 N–H and O–H groups in total. The first-order chi connectivity index (χ1) is 16.4. The largest absolute Gasteiger partial charge is 0.711 e. The van der Waals surface area contributed by atoms with E-state index in [0.717, 1.165) is 4.73 Å². The highest BCUT2D eigenvalue weighted by Gasteiger charge is 2.28. The molecule has 0 unspecified atom stereocenters. The van der Waals surface area contributed by atoms with Crippen LogP contribution in [0.1, 0.15) is 29.1 Å². The quantitative estimate of drug-likeness (QED) is 0.300. The lowest BCUT2D eigenvalue weighted by molar-refractivity contribution is -0.592. The molecule has 1 aliphatic heterocycles. The van der Waals surface area contributed by atoms with Gasteiger partial charge in [0.2, 0.25) is 0 Å². The molecule has 11 nitrogen and oxygen atoms in total. The van der Waals surface area contributed by atoms with E-state index in [0.29, 0.717) is 37.3 Å². The number of rotatable bonds is 7. The molecule has 1 amide bonds. The van der Waals surface area contributed by atoms with E-state index in [9.17, 15) is 19.2 Å². The molecule has 1 aliphatic rings. The van der Waals surface area contributed by atoms with Crippen molar-refractivity contribution in [2.75, 3.05) is 30.4 Å². The van der Waals surface area contributed by atoms with Gasteiger partial charge < -0.3 is 25.0 Å². The van der Waals surface area contributed by atoms with Gasteiger partial charge in [0.15, 0.2) is 0 Å². The predicted molar refractivity (Wildman–Crippen MR) is 118 cm³/mol. The van der Waals surface area contributed by atoms with Gasteiger partial charge in [0.05, 0.1) is 38.5 Å². The number of nitrogens with one attached hydrogen (secondary N) is 2. The van der Waals surface area contributed by atoms with Gasteiger partial charge in [-0.3, -0.25) is 14.5 Å². The number of anilines is 3. The Bertz CT molecular complexity index is 1180. The molecule has 2 aromatic heterocycles. The summed E-state index contributed by atoms with van der Waals surface area (Å²) in [5.41, 5.74) is 0.718. The minimum Gasteiger partial charge on any atom is -0.711 e. The van der Waals surface area contributed by atoms with Crippen LogP contribution in [0.4, 0.5) is 21.9 Å². The molecule has 0 saturated carbocycles. The van der Waals surface area contributed by atoms with Crippen molar-refractivity contribution in [3.8, 4) is 0 Å². The summed E-state index contributed by atoms with van der Waals surface area (Å²) in [5.74, 6) is -1.20. The topological polar surface area (TPSA) is 137 Å². The van der Waals surface area contributed by atoms with Gasteiger partial charge in [-0.15, -0.1) is 5.10 Å². The number of carbonyl (C=O) groups is 2. The fraction of sp³-hybridized carbons (Fsp3) is 0.318. The van der Waals surface area contributed by atoms with Crippen LogP contribution in [0.25, 0.3) is 0 Å². The molecule has 3 aromatic rings. The van der Waals surface area contributed by atoms with Gasteiger partial charge in [-0.25, -0.2) is 9.12 Å². The monoisotopic (exact) mass is 470 g/mol. The molecule has 0 radical (unpaired) electrons. The summed E-state index contributed by atoms with van der Waals surface area (Å²) in [7, 11) is 1.30. The molecule has 1 saturated heterocycles. The van der Waals surface area contributed by atoms with Gasteiger partial charge >= 0.3 is 23.8 Å². The van der Waals surface area contributed by atoms with E-state index in [1.807, 2.05) is 4.90 Å². The fourth-order valence-corrected chi connectivity index (χ4v) is 3.65. The van der Waals surface area contributed by atoms with Crippen LogP contribution in [0, 0.1) is 11.0 Å². The highest BCUT2D eigenvalue weighted by atomic mass is 19.1. The van der Waals surface area contributed by atoms with E-state index in [-0.39, 0.29) is 30.1 Å². The maximum absolute atomic E-state index is 13.7. The average Bonchev–Trinajstić information content (AvgIpc) is 3.30. The number of amides is 1. The Balaban J connectivity index is 1.30. The Hall–Kier alpha value is -4.22. The van der Waals surface area contributed by atoms with Gasteiger partial charge in [-0.2, -0.15) is 0 Å². The fourth-order valence-electron chi connectivity index (χ4n) is 3.65. The van der Waals surface area contributed by atoms with Crippen LogP contribution in [0.15, 0.2) is 47.0 Å². The zero-order chi connectivity index (χ0) is 24.1. The van der Waals surface area contributed by atoms with Crippen LogP contribution in [-0.4, -0.2) is 48.3 Å². The number of hydrogen-bond donors (Lipinski definition) is 2. The number of pyridine rings is 1. The van der Waals surface area contributed by atoms with Crippen molar-refractivity contribution in [1.29, 1.82) is 0 Å². The predicted octanol–water partition coefficient (Wildman–Crippen LogP) is 1.70. The van der Waals surface area contributed by atoms with Gasteiger partial charge in [0.25, 0.3) is 5.82 Å². The van der Waals surface area contributed by atoms with Crippen molar-refractivity contribution in [2.24, 2.45) is 0 Å². The number of hydrogen-bond acceptors (Lipinski definition) is 9. The molecular formula is C22H23FN6O5. The molecule has 178 valence electrons. The van der Waals surface area contributed by atoms with Crippen LogP contribution in [0.2, 0.25) is 0 Å². The molecule has 3 heterocycles. The molecule has 1 fully saturated rings. The SMILES string of the molecule is COC(=O)Cc1ccc(N2CCC(NC(=O)c3nnc(Nc4ccccc4F)o3)CC2)[n+]([O-])c1. The van der Waals surface area contributed by atoms with Gasteiger partial charge in [-0.1, -0.05) is 17.2 Å². The lowest BCUT2D eigenvalue weighted by atomic mass is 10.0. The normalized spacial score (nSPS) is 14.0.